The standard InChI is InChI=1S/C22H22N4O3S/c1-29-18-8-4-2-6-15(18)16-14-20(25-24-16)23-21(27)10-11-22(28)26-12-13-30-19-9-5-3-7-17(19)26/h2-9,14H,10-13H2,1H3,(H2,23,24,25,27). The number of aromatic amines is 1. The van der Waals surface area contributed by atoms with Crippen molar-refractivity contribution in [3.8, 4) is 17.0 Å². The fourth-order valence-corrected chi connectivity index (χ4v) is 4.37. The highest BCUT2D eigenvalue weighted by molar-refractivity contribution is 7.99. The summed E-state index contributed by atoms with van der Waals surface area (Å²) >= 11 is 1.75. The third-order valence-electron chi connectivity index (χ3n) is 4.84. The van der Waals surface area contributed by atoms with Crippen LogP contribution in [-0.4, -0.2) is 41.4 Å². The number of fused-ring (bicyclic) bond motifs is 1. The Morgan fingerprint density at radius 3 is 2.83 bits per heavy atom. The summed E-state index contributed by atoms with van der Waals surface area (Å²) in [7, 11) is 1.61. The van der Waals surface area contributed by atoms with Gasteiger partial charge in [-0.2, -0.15) is 5.10 Å². The summed E-state index contributed by atoms with van der Waals surface area (Å²) in [6, 6.07) is 17.2. The molecule has 2 heterocycles. The smallest absolute Gasteiger partial charge is 0.227 e. The Hall–Kier alpha value is -3.26. The van der Waals surface area contributed by atoms with Crippen LogP contribution >= 0.6 is 11.8 Å². The van der Waals surface area contributed by atoms with Gasteiger partial charge in [0.1, 0.15) is 5.75 Å². The van der Waals surface area contributed by atoms with Crippen molar-refractivity contribution in [2.75, 3.05) is 29.6 Å². The maximum atomic E-state index is 12.7. The van der Waals surface area contributed by atoms with Gasteiger partial charge in [0.25, 0.3) is 0 Å². The molecule has 0 bridgehead atoms. The van der Waals surface area contributed by atoms with Crippen LogP contribution in [0.15, 0.2) is 59.5 Å². The van der Waals surface area contributed by atoms with E-state index in [1.807, 2.05) is 48.5 Å². The Labute approximate surface area is 178 Å². The largest absolute Gasteiger partial charge is 0.496 e. The molecule has 0 saturated carbocycles. The number of aromatic nitrogens is 2. The maximum absolute atomic E-state index is 12.7. The van der Waals surface area contributed by atoms with E-state index in [4.69, 9.17) is 4.74 Å². The third-order valence-corrected chi connectivity index (χ3v) is 5.88. The van der Waals surface area contributed by atoms with E-state index in [0.717, 1.165) is 27.6 Å². The Morgan fingerprint density at radius 2 is 1.97 bits per heavy atom. The predicted molar refractivity (Wildman–Crippen MR) is 118 cm³/mol. The summed E-state index contributed by atoms with van der Waals surface area (Å²) in [6.07, 6.45) is 0.246. The van der Waals surface area contributed by atoms with Crippen LogP contribution in [0, 0.1) is 0 Å². The lowest BCUT2D eigenvalue weighted by atomic mass is 10.1. The first kappa shape index (κ1) is 20.0. The van der Waals surface area contributed by atoms with Crippen LogP contribution in [0.25, 0.3) is 11.3 Å². The molecule has 1 aliphatic heterocycles. The summed E-state index contributed by atoms with van der Waals surface area (Å²) in [5, 5.41) is 9.80. The molecule has 8 heteroatoms. The first-order valence-corrected chi connectivity index (χ1v) is 10.6. The van der Waals surface area contributed by atoms with Crippen LogP contribution in [0.2, 0.25) is 0 Å². The van der Waals surface area contributed by atoms with Crippen LogP contribution in [0.4, 0.5) is 11.5 Å². The van der Waals surface area contributed by atoms with Gasteiger partial charge in [-0.05, 0) is 24.3 Å². The maximum Gasteiger partial charge on any atom is 0.227 e. The van der Waals surface area contributed by atoms with Gasteiger partial charge in [-0.3, -0.25) is 14.7 Å². The average Bonchev–Trinajstić information content (AvgIpc) is 3.25. The van der Waals surface area contributed by atoms with Gasteiger partial charge in [0, 0.05) is 41.7 Å². The molecule has 2 amide bonds. The van der Waals surface area contributed by atoms with E-state index in [2.05, 4.69) is 15.5 Å². The van der Waals surface area contributed by atoms with Gasteiger partial charge in [-0.1, -0.05) is 24.3 Å². The molecular weight excluding hydrogens is 400 g/mol. The molecular formula is C22H22N4O3S. The highest BCUT2D eigenvalue weighted by atomic mass is 32.2. The lowest BCUT2D eigenvalue weighted by molar-refractivity contribution is -0.122. The number of carbonyl (C=O) groups excluding carboxylic acids is 2. The molecule has 7 nitrogen and oxygen atoms in total. The molecule has 0 unspecified atom stereocenters. The number of thioether (sulfide) groups is 1. The van der Waals surface area contributed by atoms with E-state index in [1.165, 1.54) is 0 Å². The molecule has 154 valence electrons. The number of carbonyl (C=O) groups is 2. The number of methoxy groups -OCH3 is 1. The molecule has 3 aromatic rings. The summed E-state index contributed by atoms with van der Waals surface area (Å²) < 4.78 is 5.36. The lowest BCUT2D eigenvalue weighted by Gasteiger charge is -2.28. The number of ether oxygens (including phenoxy) is 1. The van der Waals surface area contributed by atoms with E-state index in [-0.39, 0.29) is 24.7 Å². The van der Waals surface area contributed by atoms with Crippen molar-refractivity contribution < 1.29 is 14.3 Å². The van der Waals surface area contributed by atoms with Gasteiger partial charge in [-0.25, -0.2) is 0 Å². The molecule has 1 aliphatic rings. The Balaban J connectivity index is 1.35. The van der Waals surface area contributed by atoms with Gasteiger partial charge in [-0.15, -0.1) is 11.8 Å². The minimum atomic E-state index is -0.249. The Bertz CT molecular complexity index is 1070. The van der Waals surface area contributed by atoms with Crippen molar-refractivity contribution in [1.82, 2.24) is 10.2 Å². The normalized spacial score (nSPS) is 12.9. The van der Waals surface area contributed by atoms with Crippen LogP contribution in [0.3, 0.4) is 0 Å². The topological polar surface area (TPSA) is 87.3 Å². The molecule has 30 heavy (non-hydrogen) atoms. The molecule has 1 aromatic heterocycles. The molecule has 0 aliphatic carbocycles. The number of nitrogens with one attached hydrogen (secondary N) is 2. The number of para-hydroxylation sites is 2. The lowest BCUT2D eigenvalue weighted by Crippen LogP contribution is -2.35. The monoisotopic (exact) mass is 422 g/mol. The zero-order valence-electron chi connectivity index (χ0n) is 16.6. The van der Waals surface area contributed by atoms with Crippen LogP contribution < -0.4 is 15.0 Å². The predicted octanol–water partition coefficient (Wildman–Crippen LogP) is 3.94. The average molecular weight is 423 g/mol. The minimum Gasteiger partial charge on any atom is -0.496 e. The number of rotatable bonds is 6. The Morgan fingerprint density at radius 1 is 1.17 bits per heavy atom. The number of anilines is 2. The molecule has 2 N–H and O–H groups in total. The SMILES string of the molecule is COc1ccccc1-c1cc(NC(=O)CCC(=O)N2CCSc3ccccc32)n[nH]1. The van der Waals surface area contributed by atoms with Crippen LogP contribution in [0.1, 0.15) is 12.8 Å². The second-order valence-corrected chi connectivity index (χ2v) is 7.91. The Kier molecular flexibility index (Phi) is 6.04. The minimum absolute atomic E-state index is 0.0466. The molecule has 0 radical (unpaired) electrons. The second-order valence-electron chi connectivity index (χ2n) is 6.78. The number of hydrogen-bond donors (Lipinski definition) is 2. The molecule has 0 spiro atoms. The van der Waals surface area contributed by atoms with E-state index < -0.39 is 0 Å². The van der Waals surface area contributed by atoms with Crippen molar-refractivity contribution in [3.63, 3.8) is 0 Å². The molecule has 0 saturated heterocycles. The summed E-state index contributed by atoms with van der Waals surface area (Å²) in [5.74, 6) is 1.68. The van der Waals surface area contributed by atoms with Crippen molar-refractivity contribution >= 4 is 35.1 Å². The summed E-state index contributed by atoms with van der Waals surface area (Å²) in [6.45, 7) is 0.657. The van der Waals surface area contributed by atoms with E-state index >= 15 is 0 Å². The first-order valence-electron chi connectivity index (χ1n) is 9.66. The molecule has 0 fully saturated rings. The fourth-order valence-electron chi connectivity index (χ4n) is 3.38. The van der Waals surface area contributed by atoms with Gasteiger partial charge in [0.15, 0.2) is 5.82 Å². The van der Waals surface area contributed by atoms with Gasteiger partial charge in [0.05, 0.1) is 18.5 Å². The molecule has 0 atom stereocenters. The number of nitrogens with zero attached hydrogens (tertiary/aromatic N) is 2. The van der Waals surface area contributed by atoms with Crippen molar-refractivity contribution in [3.05, 3.63) is 54.6 Å². The number of H-pyrrole nitrogens is 1. The zero-order valence-corrected chi connectivity index (χ0v) is 17.4. The van der Waals surface area contributed by atoms with Crippen molar-refractivity contribution in [2.24, 2.45) is 0 Å². The van der Waals surface area contributed by atoms with Crippen molar-refractivity contribution in [2.45, 2.75) is 17.7 Å². The first-order chi connectivity index (χ1) is 14.7. The van der Waals surface area contributed by atoms with E-state index in [1.54, 1.807) is 29.8 Å². The van der Waals surface area contributed by atoms with Gasteiger partial charge >= 0.3 is 0 Å². The zero-order chi connectivity index (χ0) is 20.9. The molecule has 2 aromatic carbocycles. The van der Waals surface area contributed by atoms with Crippen LogP contribution in [0.5, 0.6) is 5.75 Å². The van der Waals surface area contributed by atoms with Crippen molar-refractivity contribution in [1.29, 1.82) is 0 Å². The van der Waals surface area contributed by atoms with E-state index in [0.29, 0.717) is 18.1 Å². The number of hydrogen-bond acceptors (Lipinski definition) is 5. The number of amides is 2. The summed E-state index contributed by atoms with van der Waals surface area (Å²) in [5.41, 5.74) is 2.51. The van der Waals surface area contributed by atoms with E-state index in [9.17, 15) is 9.59 Å². The molecule has 4 rings (SSSR count). The van der Waals surface area contributed by atoms with Crippen LogP contribution in [-0.2, 0) is 9.59 Å². The third kappa shape index (κ3) is 4.33. The number of benzene rings is 2. The quantitative estimate of drug-likeness (QED) is 0.628. The highest BCUT2D eigenvalue weighted by Crippen LogP contribution is 2.34. The van der Waals surface area contributed by atoms with Gasteiger partial charge in [0.2, 0.25) is 11.8 Å². The fraction of sp³-hybridized carbons (Fsp3) is 0.227. The summed E-state index contributed by atoms with van der Waals surface area (Å²) in [4.78, 5) is 27.9. The van der Waals surface area contributed by atoms with Gasteiger partial charge < -0.3 is 15.0 Å². The highest BCUT2D eigenvalue weighted by Gasteiger charge is 2.23. The second kappa shape index (κ2) is 9.04.